The first-order valence-electron chi connectivity index (χ1n) is 12.0. The highest BCUT2D eigenvalue weighted by atomic mass is 16.5. The summed E-state index contributed by atoms with van der Waals surface area (Å²) >= 11 is 0. The van der Waals surface area contributed by atoms with Gasteiger partial charge in [-0.25, -0.2) is 4.98 Å². The van der Waals surface area contributed by atoms with Crippen molar-refractivity contribution in [1.82, 2.24) is 15.1 Å². The molecule has 0 radical (unpaired) electrons. The number of amides is 1. The minimum atomic E-state index is -0.292. The molecule has 2 aliphatic rings. The molecule has 5 rings (SSSR count). The number of aromatic nitrogens is 3. The minimum absolute atomic E-state index is 0.0281. The van der Waals surface area contributed by atoms with Crippen molar-refractivity contribution in [3.63, 3.8) is 0 Å². The average molecular weight is 475 g/mol. The molecular formula is C27H30N4O4. The van der Waals surface area contributed by atoms with Gasteiger partial charge in [0.05, 0.1) is 13.2 Å². The van der Waals surface area contributed by atoms with Crippen molar-refractivity contribution in [3.8, 4) is 11.1 Å². The second-order valence-corrected chi connectivity index (χ2v) is 10.5. The van der Waals surface area contributed by atoms with Gasteiger partial charge in [-0.3, -0.25) is 9.59 Å². The summed E-state index contributed by atoms with van der Waals surface area (Å²) in [4.78, 5) is 33.7. The molecule has 1 saturated heterocycles. The van der Waals surface area contributed by atoms with Crippen molar-refractivity contribution in [2.45, 2.75) is 46.0 Å². The summed E-state index contributed by atoms with van der Waals surface area (Å²) in [6.07, 6.45) is 2.61. The van der Waals surface area contributed by atoms with E-state index < -0.39 is 0 Å². The predicted molar refractivity (Wildman–Crippen MR) is 130 cm³/mol. The number of ether oxygens (including phenoxy) is 1. The number of aryl methyl sites for hydroxylation is 2. The topological polar surface area (TPSA) is 107 Å². The van der Waals surface area contributed by atoms with Crippen molar-refractivity contribution in [3.05, 3.63) is 59.4 Å². The summed E-state index contributed by atoms with van der Waals surface area (Å²) in [5.41, 5.74) is 3.89. The molecule has 2 fully saturated rings. The zero-order chi connectivity index (χ0) is 24.7. The fraction of sp³-hybridized carbons (Fsp3) is 0.444. The lowest BCUT2D eigenvalue weighted by molar-refractivity contribution is -0.118. The number of Topliss-reactive ketones (excluding diaryl/α,β-unsaturated/α-hetero) is 1. The molecule has 1 saturated carbocycles. The summed E-state index contributed by atoms with van der Waals surface area (Å²) in [7, 11) is 0. The Hall–Kier alpha value is -3.39. The Balaban J connectivity index is 1.22. The summed E-state index contributed by atoms with van der Waals surface area (Å²) < 4.78 is 10.6. The lowest BCUT2D eigenvalue weighted by atomic mass is 9.96. The maximum absolute atomic E-state index is 12.6. The van der Waals surface area contributed by atoms with Gasteiger partial charge in [-0.05, 0) is 59.6 Å². The van der Waals surface area contributed by atoms with Crippen molar-refractivity contribution in [1.29, 1.82) is 0 Å². The van der Waals surface area contributed by atoms with Crippen LogP contribution in [0.1, 0.15) is 54.8 Å². The lowest BCUT2D eigenvalue weighted by Gasteiger charge is -2.11. The number of hydrogen-bond acceptors (Lipinski definition) is 7. The highest BCUT2D eigenvalue weighted by Gasteiger charge is 2.58. The van der Waals surface area contributed by atoms with Crippen LogP contribution >= 0.6 is 0 Å². The molecule has 2 unspecified atom stereocenters. The highest BCUT2D eigenvalue weighted by Crippen LogP contribution is 2.51. The fourth-order valence-electron chi connectivity index (χ4n) is 4.67. The highest BCUT2D eigenvalue weighted by molar-refractivity contribution is 5.95. The smallest absolute Gasteiger partial charge is 0.238 e. The van der Waals surface area contributed by atoms with Crippen LogP contribution in [-0.2, 0) is 21.4 Å². The van der Waals surface area contributed by atoms with Gasteiger partial charge in [-0.15, -0.1) is 0 Å². The van der Waals surface area contributed by atoms with Crippen LogP contribution in [0.4, 0.5) is 5.82 Å². The number of benzene rings is 1. The number of fused-ring (bicyclic) bond motifs is 1. The van der Waals surface area contributed by atoms with Crippen LogP contribution in [0.15, 0.2) is 41.1 Å². The van der Waals surface area contributed by atoms with Crippen LogP contribution in [0.2, 0.25) is 0 Å². The molecule has 35 heavy (non-hydrogen) atoms. The van der Waals surface area contributed by atoms with Gasteiger partial charge in [0, 0.05) is 24.0 Å². The second kappa shape index (κ2) is 9.00. The Morgan fingerprint density at radius 3 is 2.51 bits per heavy atom. The third-order valence-electron chi connectivity index (χ3n) is 6.88. The normalized spacial score (nSPS) is 21.0. The van der Waals surface area contributed by atoms with Crippen molar-refractivity contribution >= 4 is 17.5 Å². The Morgan fingerprint density at radius 1 is 1.09 bits per heavy atom. The van der Waals surface area contributed by atoms with Crippen LogP contribution in [0.5, 0.6) is 0 Å². The SMILES string of the molecule is Cc1cc(-c2ccnc(NC(=O)C3C4COCC43)c2)ccc1CCC(=O)c1noc(C(C)(C)C)n1. The molecule has 1 aliphatic heterocycles. The molecule has 0 bridgehead atoms. The Morgan fingerprint density at radius 2 is 1.83 bits per heavy atom. The molecule has 3 aromatic rings. The van der Waals surface area contributed by atoms with E-state index in [9.17, 15) is 9.59 Å². The van der Waals surface area contributed by atoms with E-state index >= 15 is 0 Å². The van der Waals surface area contributed by atoms with Gasteiger partial charge in [0.15, 0.2) is 0 Å². The van der Waals surface area contributed by atoms with E-state index in [0.29, 0.717) is 49.6 Å². The molecule has 8 nitrogen and oxygen atoms in total. The Bertz CT molecular complexity index is 1270. The molecule has 1 N–H and O–H groups in total. The Kier molecular flexibility index (Phi) is 6.01. The van der Waals surface area contributed by atoms with Gasteiger partial charge in [-0.2, -0.15) is 4.98 Å². The third-order valence-corrected chi connectivity index (χ3v) is 6.88. The van der Waals surface area contributed by atoms with E-state index in [-0.39, 0.29) is 28.8 Å². The number of nitrogens with zero attached hydrogens (tertiary/aromatic N) is 3. The first-order chi connectivity index (χ1) is 16.7. The van der Waals surface area contributed by atoms with Gasteiger partial charge in [0.25, 0.3) is 0 Å². The quantitative estimate of drug-likeness (QED) is 0.506. The number of rotatable bonds is 7. The molecule has 182 valence electrons. The molecule has 2 atom stereocenters. The maximum atomic E-state index is 12.6. The number of carbonyl (C=O) groups excluding carboxylic acids is 2. The lowest BCUT2D eigenvalue weighted by Crippen LogP contribution is -2.19. The van der Waals surface area contributed by atoms with E-state index in [1.807, 2.05) is 52.0 Å². The van der Waals surface area contributed by atoms with Gasteiger partial charge in [0.2, 0.25) is 23.4 Å². The largest absolute Gasteiger partial charge is 0.381 e. The molecule has 1 aromatic carbocycles. The zero-order valence-electron chi connectivity index (χ0n) is 20.5. The number of hydrogen-bond donors (Lipinski definition) is 1. The molecule has 1 amide bonds. The summed E-state index contributed by atoms with van der Waals surface area (Å²) in [5.74, 6) is 1.82. The maximum Gasteiger partial charge on any atom is 0.238 e. The van der Waals surface area contributed by atoms with Crippen LogP contribution in [0.25, 0.3) is 11.1 Å². The van der Waals surface area contributed by atoms with E-state index in [1.165, 1.54) is 0 Å². The number of ketones is 1. The molecule has 3 heterocycles. The van der Waals surface area contributed by atoms with Crippen LogP contribution in [-0.4, -0.2) is 40.0 Å². The minimum Gasteiger partial charge on any atom is -0.381 e. The fourth-order valence-corrected chi connectivity index (χ4v) is 4.67. The van der Waals surface area contributed by atoms with E-state index in [4.69, 9.17) is 9.26 Å². The molecule has 2 aromatic heterocycles. The number of nitrogens with one attached hydrogen (secondary N) is 1. The number of carbonyl (C=O) groups is 2. The van der Waals surface area contributed by atoms with Crippen LogP contribution in [0.3, 0.4) is 0 Å². The van der Waals surface area contributed by atoms with E-state index in [2.05, 4.69) is 26.5 Å². The van der Waals surface area contributed by atoms with E-state index in [0.717, 1.165) is 22.3 Å². The Labute approximate surface area is 204 Å². The van der Waals surface area contributed by atoms with Crippen LogP contribution < -0.4 is 5.32 Å². The predicted octanol–water partition coefficient (Wildman–Crippen LogP) is 4.38. The molecule has 0 spiro atoms. The summed E-state index contributed by atoms with van der Waals surface area (Å²) in [6.45, 7) is 9.29. The second-order valence-electron chi connectivity index (χ2n) is 10.5. The first-order valence-corrected chi connectivity index (χ1v) is 12.0. The van der Waals surface area contributed by atoms with Gasteiger partial charge in [-0.1, -0.05) is 44.1 Å². The standard InChI is InChI=1S/C27H30N4O4/c1-15-11-17(6-5-16(15)7-8-21(32)24-30-26(35-31-24)27(2,3)4)18-9-10-28-22(12-18)29-25(33)23-19-13-34-14-20(19)23/h5-6,9-12,19-20,23H,7-8,13-14H2,1-4H3,(H,28,29,33). The molecule has 1 aliphatic carbocycles. The monoisotopic (exact) mass is 474 g/mol. The first kappa shape index (κ1) is 23.4. The summed E-state index contributed by atoms with van der Waals surface area (Å²) in [5, 5.41) is 6.82. The summed E-state index contributed by atoms with van der Waals surface area (Å²) in [6, 6.07) is 9.99. The van der Waals surface area contributed by atoms with Gasteiger partial charge < -0.3 is 14.6 Å². The van der Waals surface area contributed by atoms with Crippen molar-refractivity contribution < 1.29 is 18.8 Å². The van der Waals surface area contributed by atoms with Gasteiger partial charge >= 0.3 is 0 Å². The number of pyridine rings is 1. The van der Waals surface area contributed by atoms with Crippen molar-refractivity contribution in [2.24, 2.45) is 17.8 Å². The van der Waals surface area contributed by atoms with Crippen LogP contribution in [0, 0.1) is 24.7 Å². The average Bonchev–Trinajstić information content (AvgIpc) is 3.18. The van der Waals surface area contributed by atoms with E-state index in [1.54, 1.807) is 6.20 Å². The third kappa shape index (κ3) is 4.89. The number of anilines is 1. The molecular weight excluding hydrogens is 444 g/mol. The van der Waals surface area contributed by atoms with Gasteiger partial charge in [0.1, 0.15) is 5.82 Å². The van der Waals surface area contributed by atoms with Crippen molar-refractivity contribution in [2.75, 3.05) is 18.5 Å². The zero-order valence-corrected chi connectivity index (χ0v) is 20.5. The molecule has 8 heteroatoms.